The second-order valence-electron chi connectivity index (χ2n) is 7.39. The Bertz CT molecular complexity index is 804. The van der Waals surface area contributed by atoms with Gasteiger partial charge >= 0.3 is 12.1 Å². The zero-order chi connectivity index (χ0) is 22.5. The third-order valence-electron chi connectivity index (χ3n) is 4.54. The van der Waals surface area contributed by atoms with Crippen LogP contribution in [0.2, 0.25) is 0 Å². The van der Waals surface area contributed by atoms with Gasteiger partial charge in [-0.05, 0) is 24.8 Å². The van der Waals surface area contributed by atoms with Crippen molar-refractivity contribution in [3.63, 3.8) is 0 Å². The standard InChI is InChI=1S/C16H24N2O4S.C2HF3O2/c1-12(2)11-23(19,20)18-9-10-21-16-13(18)6-7-14(16)22-15-5-3-4-8-17-15;3-2(4,5)1(6)7/h3-5,8,12-14,16H,6-7,9-11H2,1-2H3;(H,6,7)/t13-,14-,16+;/m0./s1. The van der Waals surface area contributed by atoms with Crippen molar-refractivity contribution in [1.29, 1.82) is 0 Å². The van der Waals surface area contributed by atoms with Crippen molar-refractivity contribution < 1.29 is 41.0 Å². The predicted octanol–water partition coefficient (Wildman–Crippen LogP) is 2.31. The van der Waals surface area contributed by atoms with Gasteiger partial charge in [-0.15, -0.1) is 0 Å². The molecule has 1 aromatic heterocycles. The van der Waals surface area contributed by atoms with Crippen LogP contribution in [0, 0.1) is 5.92 Å². The third-order valence-corrected chi connectivity index (χ3v) is 6.79. The molecule has 8 nitrogen and oxygen atoms in total. The van der Waals surface area contributed by atoms with Crippen molar-refractivity contribution in [3.05, 3.63) is 24.4 Å². The average Bonchev–Trinajstić information content (AvgIpc) is 3.04. The molecule has 30 heavy (non-hydrogen) atoms. The van der Waals surface area contributed by atoms with Gasteiger partial charge in [0.2, 0.25) is 15.9 Å². The molecule has 3 atom stereocenters. The summed E-state index contributed by atoms with van der Waals surface area (Å²) in [4.78, 5) is 13.1. The highest BCUT2D eigenvalue weighted by Gasteiger charge is 2.48. The van der Waals surface area contributed by atoms with Gasteiger partial charge in [-0.25, -0.2) is 18.2 Å². The number of nitrogens with zero attached hydrogens (tertiary/aromatic N) is 2. The summed E-state index contributed by atoms with van der Waals surface area (Å²) in [5.41, 5.74) is 0. The fraction of sp³-hybridized carbons (Fsp3) is 0.667. The molecular formula is C18H25F3N2O6S. The summed E-state index contributed by atoms with van der Waals surface area (Å²) in [6, 6.07) is 5.39. The van der Waals surface area contributed by atoms with E-state index in [4.69, 9.17) is 19.4 Å². The molecule has 1 aromatic rings. The van der Waals surface area contributed by atoms with E-state index in [9.17, 15) is 21.6 Å². The zero-order valence-corrected chi connectivity index (χ0v) is 17.4. The molecule has 2 aliphatic rings. The highest BCUT2D eigenvalue weighted by molar-refractivity contribution is 7.89. The summed E-state index contributed by atoms with van der Waals surface area (Å²) in [5.74, 6) is -1.90. The minimum Gasteiger partial charge on any atom is -0.475 e. The van der Waals surface area contributed by atoms with E-state index >= 15 is 0 Å². The first-order valence-corrected chi connectivity index (χ1v) is 11.0. The Labute approximate surface area is 173 Å². The maximum Gasteiger partial charge on any atom is 0.490 e. The van der Waals surface area contributed by atoms with Crippen LogP contribution < -0.4 is 4.74 Å². The molecule has 0 radical (unpaired) electrons. The number of carboxylic acids is 1. The lowest BCUT2D eigenvalue weighted by atomic mass is 10.1. The number of ether oxygens (including phenoxy) is 2. The SMILES string of the molecule is CC(C)CS(=O)(=O)N1CCO[C@H]2[C@@H](Oc3ccccn3)CC[C@@H]21.O=C(O)C(F)(F)F. The van der Waals surface area contributed by atoms with Crippen LogP contribution in [0.25, 0.3) is 0 Å². The summed E-state index contributed by atoms with van der Waals surface area (Å²) in [6.45, 7) is 4.71. The van der Waals surface area contributed by atoms with Gasteiger partial charge in [0.05, 0.1) is 18.4 Å². The fourth-order valence-corrected chi connectivity index (χ4v) is 5.47. The molecule has 3 rings (SSSR count). The van der Waals surface area contributed by atoms with Crippen molar-refractivity contribution in [2.45, 2.75) is 51.1 Å². The van der Waals surface area contributed by atoms with Crippen LogP contribution in [-0.4, -0.2) is 72.1 Å². The molecule has 170 valence electrons. The van der Waals surface area contributed by atoms with Crippen LogP contribution in [0.4, 0.5) is 13.2 Å². The summed E-state index contributed by atoms with van der Waals surface area (Å²) in [6.07, 6.45) is -2.22. The summed E-state index contributed by atoms with van der Waals surface area (Å²) in [5, 5.41) is 7.12. The minimum absolute atomic E-state index is 0.114. The highest BCUT2D eigenvalue weighted by Crippen LogP contribution is 2.34. The number of aromatic nitrogens is 1. The quantitative estimate of drug-likeness (QED) is 0.728. The summed E-state index contributed by atoms with van der Waals surface area (Å²) >= 11 is 0. The van der Waals surface area contributed by atoms with E-state index < -0.39 is 22.2 Å². The molecular weight excluding hydrogens is 429 g/mol. The van der Waals surface area contributed by atoms with E-state index in [1.807, 2.05) is 32.0 Å². The van der Waals surface area contributed by atoms with E-state index in [0.717, 1.165) is 12.8 Å². The number of halogens is 3. The molecule has 0 amide bonds. The first-order valence-electron chi connectivity index (χ1n) is 9.40. The number of hydrogen-bond donors (Lipinski definition) is 1. The molecule has 1 aliphatic carbocycles. The molecule has 0 spiro atoms. The van der Waals surface area contributed by atoms with Crippen molar-refractivity contribution in [3.8, 4) is 5.88 Å². The smallest absolute Gasteiger partial charge is 0.475 e. The normalized spacial score (nSPS) is 24.7. The van der Waals surface area contributed by atoms with Crippen LogP contribution in [-0.2, 0) is 19.6 Å². The van der Waals surface area contributed by atoms with Gasteiger partial charge in [0.25, 0.3) is 0 Å². The van der Waals surface area contributed by atoms with Gasteiger partial charge in [-0.1, -0.05) is 19.9 Å². The molecule has 0 bridgehead atoms. The highest BCUT2D eigenvalue weighted by atomic mass is 32.2. The Morgan fingerprint density at radius 2 is 2.03 bits per heavy atom. The van der Waals surface area contributed by atoms with Gasteiger partial charge in [-0.3, -0.25) is 0 Å². The van der Waals surface area contributed by atoms with E-state index in [-0.39, 0.29) is 29.9 Å². The third kappa shape index (κ3) is 6.54. The van der Waals surface area contributed by atoms with Gasteiger partial charge in [0.15, 0.2) is 0 Å². The number of aliphatic carboxylic acids is 1. The monoisotopic (exact) mass is 454 g/mol. The number of morpholine rings is 1. The number of carbonyl (C=O) groups is 1. The van der Waals surface area contributed by atoms with Gasteiger partial charge in [0, 0.05) is 18.8 Å². The molecule has 1 aliphatic heterocycles. The van der Waals surface area contributed by atoms with E-state index in [0.29, 0.717) is 19.0 Å². The lowest BCUT2D eigenvalue weighted by Crippen LogP contribution is -2.55. The molecule has 1 N–H and O–H groups in total. The van der Waals surface area contributed by atoms with Crippen molar-refractivity contribution in [2.24, 2.45) is 5.92 Å². The predicted molar refractivity (Wildman–Crippen MR) is 100 cm³/mol. The van der Waals surface area contributed by atoms with E-state index in [2.05, 4.69) is 4.98 Å². The maximum absolute atomic E-state index is 12.6. The number of sulfonamides is 1. The van der Waals surface area contributed by atoms with Gasteiger partial charge < -0.3 is 14.6 Å². The Morgan fingerprint density at radius 3 is 2.57 bits per heavy atom. The van der Waals surface area contributed by atoms with Crippen LogP contribution in [0.15, 0.2) is 24.4 Å². The van der Waals surface area contributed by atoms with Crippen LogP contribution in [0.5, 0.6) is 5.88 Å². The zero-order valence-electron chi connectivity index (χ0n) is 16.6. The Balaban J connectivity index is 0.000000396. The Kier molecular flexibility index (Phi) is 8.06. The number of fused-ring (bicyclic) bond motifs is 1. The van der Waals surface area contributed by atoms with Crippen LogP contribution in [0.3, 0.4) is 0 Å². The van der Waals surface area contributed by atoms with Crippen LogP contribution in [0.1, 0.15) is 26.7 Å². The average molecular weight is 454 g/mol. The first kappa shape index (κ1) is 24.4. The van der Waals surface area contributed by atoms with E-state index in [1.54, 1.807) is 10.5 Å². The number of hydrogen-bond acceptors (Lipinski definition) is 6. The molecule has 1 saturated heterocycles. The number of alkyl halides is 3. The number of rotatable bonds is 5. The number of pyridine rings is 1. The topological polar surface area (TPSA) is 106 Å². The molecule has 0 unspecified atom stereocenters. The first-order chi connectivity index (χ1) is 13.9. The van der Waals surface area contributed by atoms with E-state index in [1.165, 1.54) is 0 Å². The lowest BCUT2D eigenvalue weighted by molar-refractivity contribution is -0.192. The van der Waals surface area contributed by atoms with Crippen LogP contribution >= 0.6 is 0 Å². The summed E-state index contributed by atoms with van der Waals surface area (Å²) in [7, 11) is -3.25. The molecule has 0 aromatic carbocycles. The molecule has 12 heteroatoms. The number of carboxylic acid groups (broad SMARTS) is 1. The summed E-state index contributed by atoms with van der Waals surface area (Å²) < 4.78 is 70.4. The Hall–Kier alpha value is -1.92. The largest absolute Gasteiger partial charge is 0.490 e. The van der Waals surface area contributed by atoms with Gasteiger partial charge in [-0.2, -0.15) is 17.5 Å². The fourth-order valence-electron chi connectivity index (χ4n) is 3.44. The van der Waals surface area contributed by atoms with Crippen molar-refractivity contribution >= 4 is 16.0 Å². The second kappa shape index (κ2) is 9.92. The maximum atomic E-state index is 12.6. The second-order valence-corrected chi connectivity index (χ2v) is 9.36. The molecule has 2 fully saturated rings. The van der Waals surface area contributed by atoms with Gasteiger partial charge in [0.1, 0.15) is 12.2 Å². The molecule has 2 heterocycles. The molecule has 1 saturated carbocycles. The lowest BCUT2D eigenvalue weighted by Gasteiger charge is -2.38. The van der Waals surface area contributed by atoms with Crippen molar-refractivity contribution in [2.75, 3.05) is 18.9 Å². The van der Waals surface area contributed by atoms with Crippen molar-refractivity contribution in [1.82, 2.24) is 9.29 Å². The minimum atomic E-state index is -5.08. The Morgan fingerprint density at radius 1 is 1.37 bits per heavy atom.